The van der Waals surface area contributed by atoms with Crippen LogP contribution in [0, 0.1) is 5.82 Å². The number of carbonyl (C=O) groups excluding carboxylic acids is 1. The van der Waals surface area contributed by atoms with Gasteiger partial charge in [-0.2, -0.15) is 0 Å². The Morgan fingerprint density at radius 1 is 1.16 bits per heavy atom. The second-order valence-corrected chi connectivity index (χ2v) is 8.78. The summed E-state index contributed by atoms with van der Waals surface area (Å²) >= 11 is 0. The van der Waals surface area contributed by atoms with Crippen molar-refractivity contribution in [2.45, 2.75) is 0 Å². The van der Waals surface area contributed by atoms with E-state index < -0.39 is 0 Å². The zero-order valence-electron chi connectivity index (χ0n) is 20.2. The summed E-state index contributed by atoms with van der Waals surface area (Å²) < 4.78 is 15.0. The number of aliphatic hydroxyl groups is 1. The van der Waals surface area contributed by atoms with Crippen LogP contribution in [0.2, 0.25) is 0 Å². The molecule has 1 aliphatic heterocycles. The Hall–Kier alpha value is -4.28. The maximum Gasteiger partial charge on any atom is 0.247 e. The first-order chi connectivity index (χ1) is 18.0. The van der Waals surface area contributed by atoms with Crippen LogP contribution in [0.25, 0.3) is 22.2 Å². The number of amides is 1. The minimum absolute atomic E-state index is 0.132. The molecule has 4 aromatic rings. The number of hydrogen-bond donors (Lipinski definition) is 4. The van der Waals surface area contributed by atoms with Gasteiger partial charge < -0.3 is 25.6 Å². The van der Waals surface area contributed by atoms with Crippen molar-refractivity contribution in [3.8, 4) is 11.1 Å². The minimum atomic E-state index is -0.317. The molecule has 0 aliphatic carbocycles. The lowest BCUT2D eigenvalue weighted by Gasteiger charge is -2.36. The first-order valence-electron chi connectivity index (χ1n) is 12.1. The van der Waals surface area contributed by atoms with Gasteiger partial charge in [-0.15, -0.1) is 0 Å². The number of carbonyl (C=O) groups is 1. The normalized spacial score (nSPS) is 14.1. The van der Waals surface area contributed by atoms with E-state index in [4.69, 9.17) is 5.11 Å². The van der Waals surface area contributed by atoms with Crippen LogP contribution in [0.15, 0.2) is 67.5 Å². The summed E-state index contributed by atoms with van der Waals surface area (Å²) in [7, 11) is 0. The smallest absolute Gasteiger partial charge is 0.247 e. The molecular weight excluding hydrogens is 473 g/mol. The molecule has 3 heterocycles. The molecule has 1 aliphatic rings. The number of nitrogens with zero attached hydrogens (tertiary/aromatic N) is 4. The van der Waals surface area contributed by atoms with Gasteiger partial charge in [-0.05, 0) is 42.0 Å². The topological polar surface area (TPSA) is 109 Å². The van der Waals surface area contributed by atoms with E-state index >= 15 is 4.39 Å². The van der Waals surface area contributed by atoms with E-state index in [0.29, 0.717) is 48.2 Å². The van der Waals surface area contributed by atoms with Crippen LogP contribution in [0.1, 0.15) is 0 Å². The molecule has 4 N–H and O–H groups in total. The van der Waals surface area contributed by atoms with Crippen LogP contribution in [0.4, 0.5) is 27.4 Å². The number of β-amino-alcohol motifs (C(OH)–C–C–N with tert-alkyl or cyclic N) is 1. The van der Waals surface area contributed by atoms with Crippen LogP contribution >= 0.6 is 0 Å². The Bertz CT molecular complexity index is 1430. The molecule has 0 radical (unpaired) electrons. The highest BCUT2D eigenvalue weighted by Crippen LogP contribution is 2.30. The van der Waals surface area contributed by atoms with Gasteiger partial charge in [0.2, 0.25) is 11.9 Å². The van der Waals surface area contributed by atoms with Crippen molar-refractivity contribution in [2.24, 2.45) is 0 Å². The predicted octanol–water partition coefficient (Wildman–Crippen LogP) is 3.75. The van der Waals surface area contributed by atoms with E-state index in [1.54, 1.807) is 18.3 Å². The third-order valence-electron chi connectivity index (χ3n) is 6.38. The minimum Gasteiger partial charge on any atom is -0.395 e. The molecule has 2 aromatic carbocycles. The second-order valence-electron chi connectivity index (χ2n) is 8.78. The van der Waals surface area contributed by atoms with Gasteiger partial charge in [-0.25, -0.2) is 14.4 Å². The predicted molar refractivity (Wildman–Crippen MR) is 144 cm³/mol. The summed E-state index contributed by atoms with van der Waals surface area (Å²) in [4.78, 5) is 28.1. The number of hydrogen-bond acceptors (Lipinski definition) is 7. The van der Waals surface area contributed by atoms with Crippen LogP contribution in [0.3, 0.4) is 0 Å². The monoisotopic (exact) mass is 501 g/mol. The highest BCUT2D eigenvalue weighted by atomic mass is 19.1. The Kier molecular flexibility index (Phi) is 7.11. The Balaban J connectivity index is 1.34. The highest BCUT2D eigenvalue weighted by molar-refractivity contribution is 6.00. The summed E-state index contributed by atoms with van der Waals surface area (Å²) in [5.41, 5.74) is 4.91. The zero-order valence-corrected chi connectivity index (χ0v) is 20.2. The fourth-order valence-electron chi connectivity index (χ4n) is 4.47. The molecular formula is C27H28FN7O2. The zero-order chi connectivity index (χ0) is 25.8. The Morgan fingerprint density at radius 3 is 2.76 bits per heavy atom. The average molecular weight is 502 g/mol. The molecule has 9 nitrogen and oxygen atoms in total. The van der Waals surface area contributed by atoms with Gasteiger partial charge in [0.1, 0.15) is 11.3 Å². The van der Waals surface area contributed by atoms with E-state index in [1.807, 2.05) is 35.4 Å². The van der Waals surface area contributed by atoms with Crippen molar-refractivity contribution in [1.29, 1.82) is 0 Å². The lowest BCUT2D eigenvalue weighted by atomic mass is 10.1. The number of anilines is 4. The third kappa shape index (κ3) is 5.45. The van der Waals surface area contributed by atoms with E-state index in [9.17, 15) is 4.79 Å². The van der Waals surface area contributed by atoms with Gasteiger partial charge in [0.25, 0.3) is 0 Å². The van der Waals surface area contributed by atoms with Crippen molar-refractivity contribution >= 4 is 40.0 Å². The molecule has 1 amide bonds. The van der Waals surface area contributed by atoms with Crippen molar-refractivity contribution in [3.63, 3.8) is 0 Å². The second kappa shape index (κ2) is 10.8. The molecule has 0 unspecified atom stereocenters. The largest absolute Gasteiger partial charge is 0.395 e. The maximum absolute atomic E-state index is 15.0. The maximum atomic E-state index is 15.0. The standard InChI is InChI=1S/C27H28FN7O2/c1-2-25(37)31-19-5-3-4-18(14-19)21-16-29-23-17-30-27(33-26(21)23)32-20-6-7-24(22(28)15-20)35-10-8-34(9-11-35)12-13-36/h2-7,14-17,29,36H,1,8-13H2,(H,31,37)(H,30,32,33). The Morgan fingerprint density at radius 2 is 2.00 bits per heavy atom. The fraction of sp³-hybridized carbons (Fsp3) is 0.222. The number of nitrogens with one attached hydrogen (secondary N) is 3. The van der Waals surface area contributed by atoms with E-state index in [-0.39, 0.29) is 18.3 Å². The number of H-pyrrole nitrogens is 1. The summed E-state index contributed by atoms with van der Waals surface area (Å²) in [6, 6.07) is 12.5. The fourth-order valence-corrected chi connectivity index (χ4v) is 4.47. The molecule has 0 saturated carbocycles. The first-order valence-corrected chi connectivity index (χ1v) is 12.1. The van der Waals surface area contributed by atoms with Crippen molar-refractivity contribution in [2.75, 3.05) is 54.9 Å². The summed E-state index contributed by atoms with van der Waals surface area (Å²) in [5, 5.41) is 15.0. The molecule has 190 valence electrons. The van der Waals surface area contributed by atoms with Crippen LogP contribution < -0.4 is 15.5 Å². The summed E-state index contributed by atoms with van der Waals surface area (Å²) in [6.07, 6.45) is 4.73. The lowest BCUT2D eigenvalue weighted by molar-refractivity contribution is -0.111. The molecule has 10 heteroatoms. The third-order valence-corrected chi connectivity index (χ3v) is 6.38. The van der Waals surface area contributed by atoms with Crippen LogP contribution in [0.5, 0.6) is 0 Å². The van der Waals surface area contributed by atoms with Gasteiger partial charge >= 0.3 is 0 Å². The lowest BCUT2D eigenvalue weighted by Crippen LogP contribution is -2.47. The van der Waals surface area contributed by atoms with E-state index in [2.05, 4.69) is 37.1 Å². The molecule has 5 rings (SSSR count). The SMILES string of the molecule is C=CC(=O)Nc1cccc(-c2c[nH]c3cnc(Nc4ccc(N5CCN(CCO)CC5)c(F)c4)nc23)c1. The number of benzene rings is 2. The van der Waals surface area contributed by atoms with E-state index in [1.165, 1.54) is 12.1 Å². The first kappa shape index (κ1) is 24.4. The molecule has 2 aromatic heterocycles. The van der Waals surface area contributed by atoms with Crippen LogP contribution in [-0.4, -0.2) is 70.2 Å². The summed E-state index contributed by atoms with van der Waals surface area (Å²) in [6.45, 7) is 7.24. The molecule has 37 heavy (non-hydrogen) atoms. The van der Waals surface area contributed by atoms with Crippen molar-refractivity contribution < 1.29 is 14.3 Å². The number of fused-ring (bicyclic) bond motifs is 1. The van der Waals surface area contributed by atoms with Gasteiger partial charge in [0, 0.05) is 55.9 Å². The molecule has 1 fully saturated rings. The van der Waals surface area contributed by atoms with Crippen LogP contribution in [-0.2, 0) is 4.79 Å². The molecule has 0 spiro atoms. The van der Waals surface area contributed by atoms with Crippen molar-refractivity contribution in [3.05, 3.63) is 73.3 Å². The molecule has 0 atom stereocenters. The van der Waals surface area contributed by atoms with Gasteiger partial charge in [-0.1, -0.05) is 18.7 Å². The van der Waals surface area contributed by atoms with Crippen molar-refractivity contribution in [1.82, 2.24) is 19.9 Å². The quantitative estimate of drug-likeness (QED) is 0.272. The number of aliphatic hydroxyl groups excluding tert-OH is 1. The average Bonchev–Trinajstić information content (AvgIpc) is 3.33. The van der Waals surface area contributed by atoms with Gasteiger partial charge in [0.15, 0.2) is 0 Å². The highest BCUT2D eigenvalue weighted by Gasteiger charge is 2.19. The number of aromatic amines is 1. The number of aromatic nitrogens is 3. The van der Waals surface area contributed by atoms with E-state index in [0.717, 1.165) is 29.7 Å². The van der Waals surface area contributed by atoms with Gasteiger partial charge in [0.05, 0.1) is 24.0 Å². The van der Waals surface area contributed by atoms with Gasteiger partial charge in [-0.3, -0.25) is 9.69 Å². The molecule has 0 bridgehead atoms. The molecule has 1 saturated heterocycles. The summed E-state index contributed by atoms with van der Waals surface area (Å²) in [5.74, 6) is -0.260. The number of rotatable bonds is 8. The Labute approximate surface area is 213 Å². The number of piperazine rings is 1. The number of halogens is 1.